The molecule has 3 N–H and O–H groups in total. The number of aromatic nitrogens is 4. The van der Waals surface area contributed by atoms with Crippen LogP contribution < -0.4 is 10.1 Å². The zero-order valence-corrected chi connectivity index (χ0v) is 26.0. The number of imidazole rings is 2. The van der Waals surface area contributed by atoms with Crippen molar-refractivity contribution in [3.8, 4) is 5.75 Å². The van der Waals surface area contributed by atoms with Gasteiger partial charge in [-0.15, -0.1) is 0 Å². The fraction of sp³-hybridized carbons (Fsp3) is 0.618. The van der Waals surface area contributed by atoms with Crippen LogP contribution in [0.1, 0.15) is 81.0 Å². The number of aliphatic carboxylic acids is 1. The van der Waals surface area contributed by atoms with Gasteiger partial charge >= 0.3 is 5.97 Å². The highest BCUT2D eigenvalue weighted by atomic mass is 16.5. The minimum Gasteiger partial charge on any atom is -0.482 e. The van der Waals surface area contributed by atoms with Crippen LogP contribution in [0.3, 0.4) is 0 Å². The molecular formula is C34H49N7O3. The second-order valence-corrected chi connectivity index (χ2v) is 13.2. The lowest BCUT2D eigenvalue weighted by molar-refractivity contribution is -0.139. The summed E-state index contributed by atoms with van der Waals surface area (Å²) in [7, 11) is 0. The van der Waals surface area contributed by atoms with Gasteiger partial charge in [-0.1, -0.05) is 31.4 Å². The summed E-state index contributed by atoms with van der Waals surface area (Å²) in [6.45, 7) is 7.57. The highest BCUT2D eigenvalue weighted by Gasteiger charge is 2.41. The molecule has 6 rings (SSSR count). The maximum Gasteiger partial charge on any atom is 0.341 e. The summed E-state index contributed by atoms with van der Waals surface area (Å²) in [4.78, 5) is 28.9. The van der Waals surface area contributed by atoms with Crippen molar-refractivity contribution in [2.24, 2.45) is 5.41 Å². The number of carbonyl (C=O) groups is 1. The van der Waals surface area contributed by atoms with Gasteiger partial charge in [0, 0.05) is 56.9 Å². The van der Waals surface area contributed by atoms with Gasteiger partial charge in [-0.2, -0.15) is 0 Å². The second-order valence-electron chi connectivity index (χ2n) is 13.2. The highest BCUT2D eigenvalue weighted by molar-refractivity contribution is 5.68. The number of likely N-dealkylation sites (tertiary alicyclic amines) is 2. The van der Waals surface area contributed by atoms with Crippen molar-refractivity contribution in [1.82, 2.24) is 34.6 Å². The highest BCUT2D eigenvalue weighted by Crippen LogP contribution is 2.41. The number of rotatable bonds is 14. The zero-order chi connectivity index (χ0) is 30.2. The lowest BCUT2D eigenvalue weighted by atomic mass is 9.77. The maximum absolute atomic E-state index is 10.8. The van der Waals surface area contributed by atoms with E-state index in [-0.39, 0.29) is 12.6 Å². The van der Waals surface area contributed by atoms with E-state index in [1.807, 2.05) is 24.5 Å². The Bertz CT molecular complexity index is 1290. The van der Waals surface area contributed by atoms with E-state index in [0.29, 0.717) is 17.7 Å². The molecule has 3 aliphatic rings. The molecule has 1 aliphatic carbocycles. The Morgan fingerprint density at radius 2 is 1.84 bits per heavy atom. The van der Waals surface area contributed by atoms with Gasteiger partial charge in [-0.25, -0.2) is 14.8 Å². The first-order valence-electron chi connectivity index (χ1n) is 16.7. The molecule has 1 spiro atoms. The van der Waals surface area contributed by atoms with Gasteiger partial charge in [-0.05, 0) is 87.8 Å². The number of hydrogen-bond acceptors (Lipinski definition) is 7. The molecule has 3 fully saturated rings. The molecule has 238 valence electrons. The Morgan fingerprint density at radius 1 is 1.05 bits per heavy atom. The van der Waals surface area contributed by atoms with Crippen molar-refractivity contribution >= 4 is 5.97 Å². The van der Waals surface area contributed by atoms with Crippen LogP contribution in [0.2, 0.25) is 0 Å². The van der Waals surface area contributed by atoms with Gasteiger partial charge in [-0.3, -0.25) is 0 Å². The van der Waals surface area contributed by atoms with Crippen molar-refractivity contribution in [3.63, 3.8) is 0 Å². The van der Waals surface area contributed by atoms with E-state index in [0.717, 1.165) is 49.2 Å². The van der Waals surface area contributed by atoms with Gasteiger partial charge in [0.15, 0.2) is 6.61 Å². The van der Waals surface area contributed by atoms with Crippen molar-refractivity contribution < 1.29 is 14.6 Å². The van der Waals surface area contributed by atoms with Crippen LogP contribution in [0, 0.1) is 5.41 Å². The van der Waals surface area contributed by atoms with E-state index >= 15 is 0 Å². The third-order valence-corrected chi connectivity index (χ3v) is 10.2. The van der Waals surface area contributed by atoms with Crippen LogP contribution in [-0.4, -0.2) is 85.8 Å². The number of benzene rings is 1. The average molecular weight is 604 g/mol. The molecule has 0 bridgehead atoms. The summed E-state index contributed by atoms with van der Waals surface area (Å²) in [5.74, 6) is 1.51. The van der Waals surface area contributed by atoms with Crippen molar-refractivity contribution in [2.45, 2.75) is 89.4 Å². The van der Waals surface area contributed by atoms with E-state index in [2.05, 4.69) is 35.8 Å². The SMILES string of the molecule is O=C(O)COc1ccc(CNC(Cc2nccn2CCCN2CCC3(CCN(C4CCCCC4)CC3)C2)c2ncc[nH]2)cc1. The van der Waals surface area contributed by atoms with Gasteiger partial charge in [0.25, 0.3) is 0 Å². The van der Waals surface area contributed by atoms with Gasteiger partial charge in [0.2, 0.25) is 0 Å². The Balaban J connectivity index is 0.968. The van der Waals surface area contributed by atoms with E-state index < -0.39 is 5.97 Å². The van der Waals surface area contributed by atoms with Crippen LogP contribution in [0.4, 0.5) is 0 Å². The number of piperidine rings is 1. The minimum atomic E-state index is -0.986. The number of carboxylic acids is 1. The molecule has 1 saturated carbocycles. The molecule has 2 aliphatic heterocycles. The maximum atomic E-state index is 10.8. The quantitative estimate of drug-likeness (QED) is 0.244. The molecular weight excluding hydrogens is 554 g/mol. The molecule has 1 unspecified atom stereocenters. The molecule has 2 saturated heterocycles. The molecule has 44 heavy (non-hydrogen) atoms. The predicted molar refractivity (Wildman–Crippen MR) is 169 cm³/mol. The molecule has 10 nitrogen and oxygen atoms in total. The number of aryl methyl sites for hydroxylation is 1. The molecule has 0 amide bonds. The molecule has 4 heterocycles. The number of carboxylic acid groups (broad SMARTS) is 1. The molecule has 0 radical (unpaired) electrons. The van der Waals surface area contributed by atoms with Crippen LogP contribution in [0.5, 0.6) is 5.75 Å². The fourth-order valence-electron chi connectivity index (χ4n) is 7.64. The number of H-pyrrole nitrogens is 1. The largest absolute Gasteiger partial charge is 0.482 e. The molecule has 3 aromatic rings. The summed E-state index contributed by atoms with van der Waals surface area (Å²) in [6, 6.07) is 8.35. The Hall–Kier alpha value is -3.21. The summed E-state index contributed by atoms with van der Waals surface area (Å²) in [5, 5.41) is 12.5. The molecule has 1 aromatic carbocycles. The predicted octanol–water partition coefficient (Wildman–Crippen LogP) is 4.65. The lowest BCUT2D eigenvalue weighted by Gasteiger charge is -2.44. The van der Waals surface area contributed by atoms with Crippen molar-refractivity contribution in [1.29, 1.82) is 0 Å². The number of aromatic amines is 1. The van der Waals surface area contributed by atoms with E-state index in [9.17, 15) is 4.79 Å². The van der Waals surface area contributed by atoms with E-state index in [1.54, 1.807) is 18.3 Å². The first-order chi connectivity index (χ1) is 21.6. The third kappa shape index (κ3) is 8.08. The first-order valence-corrected chi connectivity index (χ1v) is 16.7. The zero-order valence-electron chi connectivity index (χ0n) is 26.0. The second kappa shape index (κ2) is 14.7. The topological polar surface area (TPSA) is 112 Å². The number of ether oxygens (including phenoxy) is 1. The normalized spacial score (nSPS) is 20.3. The third-order valence-electron chi connectivity index (χ3n) is 10.2. The van der Waals surface area contributed by atoms with Crippen molar-refractivity contribution in [3.05, 3.63) is 66.3 Å². The Labute approximate surface area is 261 Å². The smallest absolute Gasteiger partial charge is 0.341 e. The van der Waals surface area contributed by atoms with E-state index in [4.69, 9.17) is 14.8 Å². The standard InChI is InChI=1S/C34H49N7O3/c42-32(43)25-44-29-9-7-27(8-10-29)24-38-30(33-36-14-15-37-33)23-31-35-16-22-41(31)18-4-17-39-19-11-34(26-39)12-20-40(21-13-34)28-5-2-1-3-6-28/h7-10,14-16,22,28,30,38H,1-6,11-13,17-21,23-26H2,(H,36,37)(H,42,43). The number of nitrogens with one attached hydrogen (secondary N) is 2. The summed E-state index contributed by atoms with van der Waals surface area (Å²) in [5.41, 5.74) is 1.63. The number of hydrogen-bond donors (Lipinski definition) is 3. The summed E-state index contributed by atoms with van der Waals surface area (Å²) >= 11 is 0. The minimum absolute atomic E-state index is 0.0213. The van der Waals surface area contributed by atoms with E-state index in [1.165, 1.54) is 77.5 Å². The summed E-state index contributed by atoms with van der Waals surface area (Å²) in [6.07, 6.45) is 20.8. The van der Waals surface area contributed by atoms with Crippen LogP contribution in [-0.2, 0) is 24.3 Å². The lowest BCUT2D eigenvalue weighted by Crippen LogP contribution is -2.46. The van der Waals surface area contributed by atoms with Crippen molar-refractivity contribution in [2.75, 3.05) is 39.3 Å². The fourth-order valence-corrected chi connectivity index (χ4v) is 7.64. The monoisotopic (exact) mass is 603 g/mol. The Kier molecular flexibility index (Phi) is 10.3. The van der Waals surface area contributed by atoms with Crippen LogP contribution in [0.15, 0.2) is 49.1 Å². The van der Waals surface area contributed by atoms with Gasteiger partial charge < -0.3 is 34.5 Å². The van der Waals surface area contributed by atoms with Crippen LogP contribution >= 0.6 is 0 Å². The molecule has 10 heteroatoms. The van der Waals surface area contributed by atoms with Gasteiger partial charge in [0.1, 0.15) is 17.4 Å². The van der Waals surface area contributed by atoms with Gasteiger partial charge in [0.05, 0.1) is 6.04 Å². The Morgan fingerprint density at radius 3 is 2.59 bits per heavy atom. The summed E-state index contributed by atoms with van der Waals surface area (Å²) < 4.78 is 7.56. The number of nitrogens with zero attached hydrogens (tertiary/aromatic N) is 5. The molecule has 1 atom stereocenters. The van der Waals surface area contributed by atoms with Crippen LogP contribution in [0.25, 0.3) is 0 Å². The average Bonchev–Trinajstić information content (AvgIpc) is 3.82. The molecule has 2 aromatic heterocycles. The first kappa shape index (κ1) is 30.8.